The van der Waals surface area contributed by atoms with Crippen LogP contribution >= 0.6 is 30.9 Å². The lowest BCUT2D eigenvalue weighted by Crippen LogP contribution is -1.93. The summed E-state index contributed by atoms with van der Waals surface area (Å²) in [6, 6.07) is 0. The number of rotatable bonds is 1. The SMILES string of the molecule is C1=CNP(p2cpcp2)N1. The summed E-state index contributed by atoms with van der Waals surface area (Å²) in [5.41, 5.74) is 4.73. The predicted molar refractivity (Wildman–Crippen MR) is 51.9 cm³/mol. The Bertz CT molecular complexity index is 223. The molecule has 0 bridgehead atoms. The van der Waals surface area contributed by atoms with E-state index in [9.17, 15) is 0 Å². The molecule has 0 saturated carbocycles. The first-order valence-corrected chi connectivity index (χ1v) is 8.95. The standard InChI is InChI=1S/C4H6N2P4/c1-2-6-10(5-1)9-4-7-3-8-9/h1-6H. The highest BCUT2D eigenvalue weighted by atomic mass is 32.3. The third-order valence-corrected chi connectivity index (χ3v) is 12.8. The molecule has 1 aromatic rings. The van der Waals surface area contributed by atoms with Crippen LogP contribution in [-0.4, -0.2) is 0 Å². The minimum Gasteiger partial charge on any atom is -0.346 e. The topological polar surface area (TPSA) is 24.1 Å². The van der Waals surface area contributed by atoms with Crippen molar-refractivity contribution < 1.29 is 0 Å². The lowest BCUT2D eigenvalue weighted by molar-refractivity contribution is 1.44. The van der Waals surface area contributed by atoms with E-state index in [1.807, 2.05) is 12.4 Å². The van der Waals surface area contributed by atoms with Gasteiger partial charge in [0.1, 0.15) is 7.91 Å². The fourth-order valence-corrected chi connectivity index (χ4v) is 12.6. The molecule has 2 N–H and O–H groups in total. The van der Waals surface area contributed by atoms with E-state index in [2.05, 4.69) is 21.2 Å². The van der Waals surface area contributed by atoms with Crippen LogP contribution in [0.5, 0.6) is 0 Å². The Labute approximate surface area is 65.0 Å². The van der Waals surface area contributed by atoms with Crippen molar-refractivity contribution in [2.75, 3.05) is 0 Å². The normalized spacial score (nSPS) is 20.2. The van der Waals surface area contributed by atoms with Crippen LogP contribution in [0, 0.1) is 0 Å². The Morgan fingerprint density at radius 2 is 2.00 bits per heavy atom. The van der Waals surface area contributed by atoms with Crippen molar-refractivity contribution in [2.45, 2.75) is 0 Å². The molecule has 0 saturated heterocycles. The van der Waals surface area contributed by atoms with Gasteiger partial charge in [0.2, 0.25) is 0 Å². The van der Waals surface area contributed by atoms with Crippen LogP contribution < -0.4 is 10.2 Å². The molecular weight excluding hydrogens is 200 g/mol. The summed E-state index contributed by atoms with van der Waals surface area (Å²) >= 11 is 0. The van der Waals surface area contributed by atoms with Gasteiger partial charge in [0.15, 0.2) is 0 Å². The molecule has 2 heterocycles. The van der Waals surface area contributed by atoms with E-state index in [0.29, 0.717) is 0 Å². The van der Waals surface area contributed by atoms with Crippen LogP contribution in [0.25, 0.3) is 0 Å². The van der Waals surface area contributed by atoms with E-state index < -0.39 is 0 Å². The molecule has 1 unspecified atom stereocenters. The van der Waals surface area contributed by atoms with E-state index in [-0.39, 0.29) is 14.8 Å². The van der Waals surface area contributed by atoms with Crippen molar-refractivity contribution >= 4 is 30.9 Å². The van der Waals surface area contributed by atoms with Gasteiger partial charge in [0, 0.05) is 12.4 Å². The third-order valence-electron chi connectivity index (χ3n) is 1.09. The van der Waals surface area contributed by atoms with Crippen LogP contribution in [0.2, 0.25) is 0 Å². The maximum absolute atomic E-state index is 3.34. The van der Waals surface area contributed by atoms with Crippen molar-refractivity contribution in [1.82, 2.24) is 10.2 Å². The Balaban J connectivity index is 2.14. The Kier molecular flexibility index (Phi) is 2.27. The molecule has 52 valence electrons. The van der Waals surface area contributed by atoms with E-state index in [0.717, 1.165) is 0 Å². The molecule has 0 fully saturated rings. The molecule has 2 rings (SSSR count). The number of nitrogens with one attached hydrogen (secondary N) is 2. The molecule has 10 heavy (non-hydrogen) atoms. The fraction of sp³-hybridized carbons (Fsp3) is 0. The molecule has 1 aromatic heterocycles. The Morgan fingerprint density at radius 1 is 1.20 bits per heavy atom. The highest BCUT2D eigenvalue weighted by molar-refractivity contribution is 8.43. The predicted octanol–water partition coefficient (Wildman–Crippen LogP) is 3.57. The van der Waals surface area contributed by atoms with Gasteiger partial charge in [-0.05, 0) is 25.8 Å². The summed E-state index contributed by atoms with van der Waals surface area (Å²) in [6.07, 6.45) is 4.01. The molecule has 0 radical (unpaired) electrons. The van der Waals surface area contributed by atoms with Gasteiger partial charge in [0.25, 0.3) is 0 Å². The van der Waals surface area contributed by atoms with Crippen molar-refractivity contribution in [3.63, 3.8) is 0 Å². The first-order valence-electron chi connectivity index (χ1n) is 2.79. The van der Waals surface area contributed by atoms with Crippen LogP contribution in [0.4, 0.5) is 0 Å². The summed E-state index contributed by atoms with van der Waals surface area (Å²) in [5.74, 6) is 0. The molecule has 2 nitrogen and oxygen atoms in total. The largest absolute Gasteiger partial charge is 0.346 e. The van der Waals surface area contributed by atoms with E-state index >= 15 is 0 Å². The molecule has 1 aliphatic heterocycles. The maximum Gasteiger partial charge on any atom is 0.145 e. The van der Waals surface area contributed by atoms with Gasteiger partial charge in [0.05, 0.1) is 0 Å². The van der Waals surface area contributed by atoms with Crippen LogP contribution in [0.3, 0.4) is 0 Å². The molecular formula is C4H6N2P4. The second-order valence-corrected chi connectivity index (χ2v) is 11.3. The minimum atomic E-state index is -0.0986. The van der Waals surface area contributed by atoms with Crippen molar-refractivity contribution in [3.05, 3.63) is 23.5 Å². The van der Waals surface area contributed by atoms with Crippen molar-refractivity contribution in [1.29, 1.82) is 0 Å². The molecule has 6 heteroatoms. The lowest BCUT2D eigenvalue weighted by atomic mass is 11.0. The molecule has 1 aliphatic rings. The Morgan fingerprint density at radius 3 is 2.60 bits per heavy atom. The van der Waals surface area contributed by atoms with E-state index in [1.165, 1.54) is 16.1 Å². The van der Waals surface area contributed by atoms with Crippen molar-refractivity contribution in [3.8, 4) is 0 Å². The van der Waals surface area contributed by atoms with Gasteiger partial charge in [-0.2, -0.15) is 0 Å². The highest BCUT2D eigenvalue weighted by Gasteiger charge is 2.10. The van der Waals surface area contributed by atoms with Crippen LogP contribution in [0.1, 0.15) is 0 Å². The van der Waals surface area contributed by atoms with Crippen LogP contribution in [0.15, 0.2) is 23.5 Å². The summed E-state index contributed by atoms with van der Waals surface area (Å²) < 4.78 is 0. The first-order chi connectivity index (χ1) is 4.97. The zero-order valence-electron chi connectivity index (χ0n) is 5.10. The van der Waals surface area contributed by atoms with Crippen molar-refractivity contribution in [2.24, 2.45) is 0 Å². The minimum absolute atomic E-state index is 0.0986. The summed E-state index contributed by atoms with van der Waals surface area (Å²) in [6.45, 7) is 0.113. The highest BCUT2D eigenvalue weighted by Crippen LogP contribution is 2.65. The zero-order chi connectivity index (χ0) is 6.81. The van der Waals surface area contributed by atoms with Crippen LogP contribution in [-0.2, 0) is 0 Å². The summed E-state index contributed by atoms with van der Waals surface area (Å²) in [4.78, 5) is 0. The van der Waals surface area contributed by atoms with Gasteiger partial charge in [-0.3, -0.25) is 0 Å². The first kappa shape index (κ1) is 7.08. The number of hydrogen-bond donors (Lipinski definition) is 2. The monoisotopic (exact) mass is 206 g/mol. The molecule has 0 spiro atoms. The third kappa shape index (κ3) is 1.36. The molecule has 0 aliphatic carbocycles. The second-order valence-electron chi connectivity index (χ2n) is 1.72. The Hall–Kier alpha value is 0.410. The molecule has 1 atom stereocenters. The van der Waals surface area contributed by atoms with Gasteiger partial charge >= 0.3 is 0 Å². The maximum atomic E-state index is 3.34. The zero-order valence-corrected chi connectivity index (χ0v) is 8.68. The van der Waals surface area contributed by atoms with Gasteiger partial charge in [-0.25, -0.2) is 0 Å². The lowest BCUT2D eigenvalue weighted by Gasteiger charge is -2.07. The van der Waals surface area contributed by atoms with E-state index in [1.54, 1.807) is 0 Å². The summed E-state index contributed by atoms with van der Waals surface area (Å²) in [7, 11) is 2.84. The number of hydrogen-bond acceptors (Lipinski definition) is 2. The average Bonchev–Trinajstić information content (AvgIpc) is 2.59. The quantitative estimate of drug-likeness (QED) is 0.686. The van der Waals surface area contributed by atoms with Gasteiger partial charge in [-0.15, -0.1) is 0 Å². The van der Waals surface area contributed by atoms with E-state index in [4.69, 9.17) is 0 Å². The second kappa shape index (κ2) is 3.21. The molecule has 0 aromatic carbocycles. The molecule has 0 amide bonds. The van der Waals surface area contributed by atoms with Gasteiger partial charge in [-0.1, -0.05) is 8.19 Å². The summed E-state index contributed by atoms with van der Waals surface area (Å²) in [5, 5.41) is 6.68. The average molecular weight is 206 g/mol. The fourth-order valence-electron chi connectivity index (χ4n) is 0.677. The van der Waals surface area contributed by atoms with Gasteiger partial charge < -0.3 is 10.2 Å². The smallest absolute Gasteiger partial charge is 0.145 e.